The molecule has 0 amide bonds. The van der Waals surface area contributed by atoms with Crippen LogP contribution in [0.1, 0.15) is 5.56 Å². The van der Waals surface area contributed by atoms with Gasteiger partial charge in [0.15, 0.2) is 0 Å². The summed E-state index contributed by atoms with van der Waals surface area (Å²) in [7, 11) is 0. The molecular formula is C12H11ClN2. The van der Waals surface area contributed by atoms with Gasteiger partial charge in [0.1, 0.15) is 5.82 Å². The normalized spacial score (nSPS) is 10.0. The van der Waals surface area contributed by atoms with E-state index >= 15 is 0 Å². The lowest BCUT2D eigenvalue weighted by molar-refractivity contribution is 1.26. The highest BCUT2D eigenvalue weighted by Crippen LogP contribution is 2.24. The first-order valence-electron chi connectivity index (χ1n) is 4.70. The maximum Gasteiger partial charge on any atom is 0.133 e. The van der Waals surface area contributed by atoms with Crippen molar-refractivity contribution in [1.29, 1.82) is 0 Å². The van der Waals surface area contributed by atoms with Crippen LogP contribution >= 0.6 is 11.6 Å². The van der Waals surface area contributed by atoms with Crippen LogP contribution in [0.4, 0.5) is 11.5 Å². The molecule has 1 aromatic heterocycles. The van der Waals surface area contributed by atoms with Gasteiger partial charge in [0.2, 0.25) is 0 Å². The SMILES string of the molecule is Cc1cccnc1Nc1ccccc1Cl. The van der Waals surface area contributed by atoms with Crippen LogP contribution in [0.15, 0.2) is 42.6 Å². The average molecular weight is 219 g/mol. The fraction of sp³-hybridized carbons (Fsp3) is 0.0833. The van der Waals surface area contributed by atoms with Crippen molar-refractivity contribution >= 4 is 23.1 Å². The Kier molecular flexibility index (Phi) is 2.88. The highest BCUT2D eigenvalue weighted by molar-refractivity contribution is 6.33. The van der Waals surface area contributed by atoms with E-state index in [0.29, 0.717) is 5.02 Å². The van der Waals surface area contributed by atoms with Gasteiger partial charge in [0, 0.05) is 6.20 Å². The molecule has 0 fully saturated rings. The number of anilines is 2. The molecule has 0 aliphatic carbocycles. The van der Waals surface area contributed by atoms with Gasteiger partial charge >= 0.3 is 0 Å². The minimum Gasteiger partial charge on any atom is -0.339 e. The maximum absolute atomic E-state index is 6.04. The van der Waals surface area contributed by atoms with Gasteiger partial charge in [0.25, 0.3) is 0 Å². The van der Waals surface area contributed by atoms with Crippen molar-refractivity contribution in [1.82, 2.24) is 4.98 Å². The van der Waals surface area contributed by atoms with Crippen molar-refractivity contribution in [2.24, 2.45) is 0 Å². The Morgan fingerprint density at radius 2 is 1.93 bits per heavy atom. The first-order valence-corrected chi connectivity index (χ1v) is 5.08. The lowest BCUT2D eigenvalue weighted by Crippen LogP contribution is -1.95. The molecule has 0 aliphatic rings. The van der Waals surface area contributed by atoms with Crippen LogP contribution in [-0.4, -0.2) is 4.98 Å². The van der Waals surface area contributed by atoms with Gasteiger partial charge in [-0.25, -0.2) is 4.98 Å². The van der Waals surface area contributed by atoms with E-state index in [2.05, 4.69) is 10.3 Å². The zero-order valence-electron chi connectivity index (χ0n) is 8.37. The molecule has 0 saturated heterocycles. The highest BCUT2D eigenvalue weighted by atomic mass is 35.5. The average Bonchev–Trinajstić information content (AvgIpc) is 2.24. The second-order valence-electron chi connectivity index (χ2n) is 3.27. The van der Waals surface area contributed by atoms with Crippen LogP contribution in [0.25, 0.3) is 0 Å². The highest BCUT2D eigenvalue weighted by Gasteiger charge is 2.01. The van der Waals surface area contributed by atoms with Gasteiger partial charge in [-0.15, -0.1) is 0 Å². The van der Waals surface area contributed by atoms with Gasteiger partial charge in [-0.2, -0.15) is 0 Å². The van der Waals surface area contributed by atoms with Gasteiger partial charge in [0.05, 0.1) is 10.7 Å². The van der Waals surface area contributed by atoms with Crippen molar-refractivity contribution < 1.29 is 0 Å². The number of halogens is 1. The molecular weight excluding hydrogens is 208 g/mol. The van der Waals surface area contributed by atoms with Gasteiger partial charge in [-0.05, 0) is 30.7 Å². The number of aromatic nitrogens is 1. The van der Waals surface area contributed by atoms with Crippen LogP contribution in [-0.2, 0) is 0 Å². The van der Waals surface area contributed by atoms with Gasteiger partial charge in [-0.3, -0.25) is 0 Å². The third kappa shape index (κ3) is 2.28. The number of nitrogens with one attached hydrogen (secondary N) is 1. The van der Waals surface area contributed by atoms with Crippen molar-refractivity contribution in [3.63, 3.8) is 0 Å². The van der Waals surface area contributed by atoms with Crippen LogP contribution in [0.5, 0.6) is 0 Å². The predicted octanol–water partition coefficient (Wildman–Crippen LogP) is 3.79. The van der Waals surface area contributed by atoms with E-state index < -0.39 is 0 Å². The molecule has 0 bridgehead atoms. The summed E-state index contributed by atoms with van der Waals surface area (Å²) in [4.78, 5) is 4.24. The predicted molar refractivity (Wildman–Crippen MR) is 63.7 cm³/mol. The molecule has 1 heterocycles. The van der Waals surface area contributed by atoms with E-state index in [4.69, 9.17) is 11.6 Å². The number of hydrogen-bond donors (Lipinski definition) is 1. The molecule has 0 aliphatic heterocycles. The fourth-order valence-electron chi connectivity index (χ4n) is 1.31. The zero-order valence-corrected chi connectivity index (χ0v) is 9.12. The standard InChI is InChI=1S/C12H11ClN2/c1-9-5-4-8-14-12(9)15-11-7-3-2-6-10(11)13/h2-8H,1H3,(H,14,15). The number of nitrogens with zero attached hydrogens (tertiary/aromatic N) is 1. The number of aryl methyl sites for hydroxylation is 1. The summed E-state index contributed by atoms with van der Waals surface area (Å²) in [6, 6.07) is 11.5. The molecule has 2 rings (SSSR count). The maximum atomic E-state index is 6.04. The first-order chi connectivity index (χ1) is 7.27. The van der Waals surface area contributed by atoms with Crippen molar-refractivity contribution in [3.05, 3.63) is 53.2 Å². The monoisotopic (exact) mass is 218 g/mol. The number of benzene rings is 1. The Labute approximate surface area is 93.9 Å². The summed E-state index contributed by atoms with van der Waals surface area (Å²) < 4.78 is 0. The Morgan fingerprint density at radius 1 is 1.13 bits per heavy atom. The van der Waals surface area contributed by atoms with E-state index in [0.717, 1.165) is 17.1 Å². The molecule has 2 aromatic rings. The molecule has 0 spiro atoms. The van der Waals surface area contributed by atoms with E-state index in [1.807, 2.05) is 43.3 Å². The molecule has 76 valence electrons. The number of hydrogen-bond acceptors (Lipinski definition) is 2. The molecule has 0 unspecified atom stereocenters. The fourth-order valence-corrected chi connectivity index (χ4v) is 1.49. The minimum atomic E-state index is 0.697. The molecule has 15 heavy (non-hydrogen) atoms. The molecule has 3 heteroatoms. The molecule has 0 saturated carbocycles. The smallest absolute Gasteiger partial charge is 0.133 e. The van der Waals surface area contributed by atoms with Crippen molar-refractivity contribution in [2.45, 2.75) is 6.92 Å². The van der Waals surface area contributed by atoms with Gasteiger partial charge in [-0.1, -0.05) is 29.8 Å². The van der Waals surface area contributed by atoms with E-state index in [1.165, 1.54) is 0 Å². The van der Waals surface area contributed by atoms with E-state index in [9.17, 15) is 0 Å². The third-order valence-corrected chi connectivity index (χ3v) is 2.47. The Hall–Kier alpha value is -1.54. The molecule has 2 nitrogen and oxygen atoms in total. The van der Waals surface area contributed by atoms with Crippen LogP contribution in [0.3, 0.4) is 0 Å². The molecule has 0 radical (unpaired) electrons. The summed E-state index contributed by atoms with van der Waals surface area (Å²) in [5.41, 5.74) is 1.97. The Bertz CT molecular complexity index is 425. The zero-order chi connectivity index (χ0) is 10.7. The quantitative estimate of drug-likeness (QED) is 0.830. The Balaban J connectivity index is 2.30. The van der Waals surface area contributed by atoms with Crippen LogP contribution in [0, 0.1) is 6.92 Å². The first kappa shape index (κ1) is 9.99. The lowest BCUT2D eigenvalue weighted by atomic mass is 10.2. The summed E-state index contributed by atoms with van der Waals surface area (Å²) in [5.74, 6) is 0.839. The number of para-hydroxylation sites is 1. The second kappa shape index (κ2) is 4.32. The van der Waals surface area contributed by atoms with Crippen LogP contribution in [0.2, 0.25) is 5.02 Å². The molecule has 1 N–H and O–H groups in total. The minimum absolute atomic E-state index is 0.697. The number of pyridine rings is 1. The second-order valence-corrected chi connectivity index (χ2v) is 3.68. The van der Waals surface area contributed by atoms with Crippen LogP contribution < -0.4 is 5.32 Å². The Morgan fingerprint density at radius 3 is 2.67 bits per heavy atom. The van der Waals surface area contributed by atoms with E-state index in [-0.39, 0.29) is 0 Å². The third-order valence-electron chi connectivity index (χ3n) is 2.14. The van der Waals surface area contributed by atoms with Crippen molar-refractivity contribution in [2.75, 3.05) is 5.32 Å². The largest absolute Gasteiger partial charge is 0.339 e. The lowest BCUT2D eigenvalue weighted by Gasteiger charge is -2.08. The summed E-state index contributed by atoms with van der Waals surface area (Å²) >= 11 is 6.04. The molecule has 1 aromatic carbocycles. The van der Waals surface area contributed by atoms with Gasteiger partial charge < -0.3 is 5.32 Å². The van der Waals surface area contributed by atoms with E-state index in [1.54, 1.807) is 6.20 Å². The summed E-state index contributed by atoms with van der Waals surface area (Å²) in [5, 5.41) is 3.89. The van der Waals surface area contributed by atoms with Crippen molar-refractivity contribution in [3.8, 4) is 0 Å². The molecule has 0 atom stereocenters. The topological polar surface area (TPSA) is 24.9 Å². The summed E-state index contributed by atoms with van der Waals surface area (Å²) in [6.07, 6.45) is 1.76. The summed E-state index contributed by atoms with van der Waals surface area (Å²) in [6.45, 7) is 2.01. The number of rotatable bonds is 2.